The van der Waals surface area contributed by atoms with Crippen LogP contribution in [0.1, 0.15) is 18.3 Å². The summed E-state index contributed by atoms with van der Waals surface area (Å²) >= 11 is 0. The number of H-pyrrole nitrogens is 1. The van der Waals surface area contributed by atoms with Gasteiger partial charge in [0.15, 0.2) is 17.4 Å². The Morgan fingerprint density at radius 3 is 2.67 bits per heavy atom. The first-order valence-corrected chi connectivity index (χ1v) is 11.3. The van der Waals surface area contributed by atoms with E-state index in [1.807, 2.05) is 30.3 Å². The average Bonchev–Trinajstić information content (AvgIpc) is 3.33. The molecule has 3 aromatic carbocycles. The Hall–Kier alpha value is -5.03. The lowest BCUT2D eigenvalue weighted by Crippen LogP contribution is -2.11. The summed E-state index contributed by atoms with van der Waals surface area (Å²) < 4.78 is 21.7. The Balaban J connectivity index is 1.67. The standard InChI is InChI=1S/C28H20FN5O2/c1-2-36-25-13-12-18(15-23(25)29)26-20(17-34(33-26)21-8-4-3-5-9-21)14-19(16-30)27-31-24-11-7-6-10-22(24)28(35)32-27/h3-15,17H,2H2,1H3,(H,31,32,35)/b19-14+. The monoisotopic (exact) mass is 477 g/mol. The van der Waals surface area contributed by atoms with Gasteiger partial charge in [0.25, 0.3) is 5.56 Å². The van der Waals surface area contributed by atoms with Crippen molar-refractivity contribution in [3.05, 3.63) is 107 Å². The Labute approximate surface area is 205 Å². The summed E-state index contributed by atoms with van der Waals surface area (Å²) in [6.07, 6.45) is 3.33. The maximum Gasteiger partial charge on any atom is 0.259 e. The number of halogens is 1. The van der Waals surface area contributed by atoms with Crippen molar-refractivity contribution < 1.29 is 9.13 Å². The van der Waals surface area contributed by atoms with Gasteiger partial charge in [0.2, 0.25) is 0 Å². The van der Waals surface area contributed by atoms with Gasteiger partial charge in [-0.1, -0.05) is 30.3 Å². The SMILES string of the molecule is CCOc1ccc(-c2nn(-c3ccccc3)cc2/C=C(\C#N)c2nc3ccccc3c(=O)[nH]2)cc1F. The maximum absolute atomic E-state index is 14.7. The number of ether oxygens (including phenoxy) is 1. The summed E-state index contributed by atoms with van der Waals surface area (Å²) in [6, 6.07) is 23.1. The van der Waals surface area contributed by atoms with Crippen molar-refractivity contribution in [2.45, 2.75) is 6.92 Å². The van der Waals surface area contributed by atoms with Crippen LogP contribution in [0.25, 0.3) is 39.5 Å². The third-order valence-corrected chi connectivity index (χ3v) is 5.56. The van der Waals surface area contributed by atoms with Crippen molar-refractivity contribution >= 4 is 22.6 Å². The molecule has 0 aliphatic heterocycles. The van der Waals surface area contributed by atoms with E-state index in [9.17, 15) is 14.4 Å². The number of nitrogens with zero attached hydrogens (tertiary/aromatic N) is 4. The van der Waals surface area contributed by atoms with Gasteiger partial charge in [0, 0.05) is 17.3 Å². The summed E-state index contributed by atoms with van der Waals surface area (Å²) in [7, 11) is 0. The molecule has 1 N–H and O–H groups in total. The van der Waals surface area contributed by atoms with Crippen molar-refractivity contribution in [1.82, 2.24) is 19.7 Å². The highest BCUT2D eigenvalue weighted by Crippen LogP contribution is 2.30. The first-order chi connectivity index (χ1) is 17.6. The molecule has 0 saturated carbocycles. The highest BCUT2D eigenvalue weighted by atomic mass is 19.1. The van der Waals surface area contributed by atoms with Gasteiger partial charge in [-0.05, 0) is 55.5 Å². The third kappa shape index (κ3) is 4.38. The van der Waals surface area contributed by atoms with E-state index in [1.54, 1.807) is 60.3 Å². The third-order valence-electron chi connectivity index (χ3n) is 5.56. The number of nitriles is 1. The smallest absolute Gasteiger partial charge is 0.259 e. The Morgan fingerprint density at radius 1 is 1.14 bits per heavy atom. The van der Waals surface area contributed by atoms with Crippen molar-refractivity contribution in [2.24, 2.45) is 0 Å². The number of fused-ring (bicyclic) bond motifs is 1. The van der Waals surface area contributed by atoms with E-state index in [1.165, 1.54) is 6.07 Å². The largest absolute Gasteiger partial charge is 0.491 e. The first-order valence-electron chi connectivity index (χ1n) is 11.3. The molecule has 0 radical (unpaired) electrons. The zero-order chi connectivity index (χ0) is 25.1. The number of para-hydroxylation sites is 2. The summed E-state index contributed by atoms with van der Waals surface area (Å²) in [5.41, 5.74) is 2.58. The predicted octanol–water partition coefficient (Wildman–Crippen LogP) is 5.38. The molecule has 0 amide bonds. The van der Waals surface area contributed by atoms with Crippen LogP contribution in [0.3, 0.4) is 0 Å². The minimum absolute atomic E-state index is 0.137. The molecule has 176 valence electrons. The molecular formula is C28H20FN5O2. The van der Waals surface area contributed by atoms with E-state index in [0.29, 0.717) is 34.3 Å². The van der Waals surface area contributed by atoms with Gasteiger partial charge >= 0.3 is 0 Å². The van der Waals surface area contributed by atoms with Crippen LogP contribution in [0.15, 0.2) is 83.8 Å². The predicted molar refractivity (Wildman–Crippen MR) is 136 cm³/mol. The van der Waals surface area contributed by atoms with Gasteiger partial charge in [-0.3, -0.25) is 4.79 Å². The summed E-state index contributed by atoms with van der Waals surface area (Å²) in [6.45, 7) is 2.13. The number of nitrogens with one attached hydrogen (secondary N) is 1. The number of hydrogen-bond donors (Lipinski definition) is 1. The molecule has 0 unspecified atom stereocenters. The molecular weight excluding hydrogens is 457 g/mol. The Bertz CT molecular complexity index is 1700. The normalized spacial score (nSPS) is 11.4. The van der Waals surface area contributed by atoms with E-state index in [2.05, 4.69) is 21.1 Å². The first kappa shape index (κ1) is 22.7. The molecule has 0 aliphatic rings. The molecule has 7 nitrogen and oxygen atoms in total. The number of benzene rings is 3. The summed E-state index contributed by atoms with van der Waals surface area (Å²) in [5, 5.41) is 15.1. The topological polar surface area (TPSA) is 96.6 Å². The van der Waals surface area contributed by atoms with E-state index in [0.717, 1.165) is 5.69 Å². The molecule has 0 atom stereocenters. The highest BCUT2D eigenvalue weighted by Gasteiger charge is 2.16. The van der Waals surface area contributed by atoms with Crippen LogP contribution in [0.5, 0.6) is 5.75 Å². The molecule has 8 heteroatoms. The fourth-order valence-corrected chi connectivity index (χ4v) is 3.87. The molecule has 2 aromatic heterocycles. The number of aromatic amines is 1. The number of hydrogen-bond acceptors (Lipinski definition) is 5. The van der Waals surface area contributed by atoms with Crippen molar-refractivity contribution in [3.8, 4) is 28.8 Å². The van der Waals surface area contributed by atoms with Gasteiger partial charge < -0.3 is 9.72 Å². The van der Waals surface area contributed by atoms with E-state index < -0.39 is 5.82 Å². The van der Waals surface area contributed by atoms with Gasteiger partial charge in [-0.15, -0.1) is 0 Å². The molecule has 0 fully saturated rings. The average molecular weight is 477 g/mol. The fourth-order valence-electron chi connectivity index (χ4n) is 3.87. The van der Waals surface area contributed by atoms with Crippen molar-refractivity contribution in [3.63, 3.8) is 0 Å². The van der Waals surface area contributed by atoms with Crippen LogP contribution in [0.4, 0.5) is 4.39 Å². The molecule has 5 rings (SSSR count). The van der Waals surface area contributed by atoms with Crippen LogP contribution in [0.2, 0.25) is 0 Å². The molecule has 0 spiro atoms. The van der Waals surface area contributed by atoms with E-state index >= 15 is 0 Å². The van der Waals surface area contributed by atoms with Crippen molar-refractivity contribution in [1.29, 1.82) is 5.26 Å². The second kappa shape index (κ2) is 9.68. The zero-order valence-corrected chi connectivity index (χ0v) is 19.3. The quantitative estimate of drug-likeness (QED) is 0.331. The van der Waals surface area contributed by atoms with Crippen LogP contribution >= 0.6 is 0 Å². The van der Waals surface area contributed by atoms with Crippen LogP contribution in [0, 0.1) is 17.1 Å². The van der Waals surface area contributed by atoms with Gasteiger partial charge in [0.1, 0.15) is 11.8 Å². The van der Waals surface area contributed by atoms with E-state index in [4.69, 9.17) is 4.74 Å². The number of aromatic nitrogens is 4. The molecule has 0 bridgehead atoms. The second-order valence-electron chi connectivity index (χ2n) is 7.89. The lowest BCUT2D eigenvalue weighted by Gasteiger charge is -2.06. The van der Waals surface area contributed by atoms with Crippen molar-refractivity contribution in [2.75, 3.05) is 6.61 Å². The van der Waals surface area contributed by atoms with Crippen LogP contribution in [-0.2, 0) is 0 Å². The minimum atomic E-state index is -0.514. The molecule has 0 aliphatic carbocycles. The Morgan fingerprint density at radius 2 is 1.92 bits per heavy atom. The molecule has 5 aromatic rings. The lowest BCUT2D eigenvalue weighted by atomic mass is 10.1. The summed E-state index contributed by atoms with van der Waals surface area (Å²) in [4.78, 5) is 19.7. The summed E-state index contributed by atoms with van der Waals surface area (Å²) in [5.74, 6) is -0.228. The fraction of sp³-hybridized carbons (Fsp3) is 0.0714. The minimum Gasteiger partial charge on any atom is -0.491 e. The lowest BCUT2D eigenvalue weighted by molar-refractivity contribution is 0.321. The van der Waals surface area contributed by atoms with E-state index in [-0.39, 0.29) is 22.7 Å². The number of allylic oxidation sites excluding steroid dienone is 1. The molecule has 2 heterocycles. The van der Waals surface area contributed by atoms with Crippen LogP contribution < -0.4 is 10.3 Å². The van der Waals surface area contributed by atoms with Gasteiger partial charge in [-0.25, -0.2) is 14.1 Å². The van der Waals surface area contributed by atoms with Gasteiger partial charge in [-0.2, -0.15) is 10.4 Å². The number of rotatable bonds is 6. The van der Waals surface area contributed by atoms with Crippen LogP contribution in [-0.4, -0.2) is 26.4 Å². The Kier molecular flexibility index (Phi) is 6.12. The zero-order valence-electron chi connectivity index (χ0n) is 19.3. The van der Waals surface area contributed by atoms with Gasteiger partial charge in [0.05, 0.1) is 28.8 Å². The maximum atomic E-state index is 14.7. The molecule has 36 heavy (non-hydrogen) atoms. The highest BCUT2D eigenvalue weighted by molar-refractivity contribution is 5.91. The molecule has 0 saturated heterocycles. The second-order valence-corrected chi connectivity index (χ2v) is 7.89.